The number of fused-ring (bicyclic) bond motifs is 1. The van der Waals surface area contributed by atoms with Gasteiger partial charge in [-0.15, -0.1) is 0 Å². The van der Waals surface area contributed by atoms with Gasteiger partial charge in [0.15, 0.2) is 0 Å². The van der Waals surface area contributed by atoms with Crippen LogP contribution >= 0.6 is 0 Å². The summed E-state index contributed by atoms with van der Waals surface area (Å²) in [5.41, 5.74) is 1.83. The molecule has 3 rings (SSSR count). The van der Waals surface area contributed by atoms with Crippen molar-refractivity contribution < 1.29 is 0 Å². The van der Waals surface area contributed by atoms with Crippen LogP contribution in [0.25, 0.3) is 0 Å². The molecule has 0 aromatic carbocycles. The molecular formula is C9H11N3O. The van der Waals surface area contributed by atoms with Gasteiger partial charge in [0, 0.05) is 19.0 Å². The highest BCUT2D eigenvalue weighted by Crippen LogP contribution is 2.37. The highest BCUT2D eigenvalue weighted by Gasteiger charge is 2.28. The second kappa shape index (κ2) is 2.42. The van der Waals surface area contributed by atoms with Gasteiger partial charge >= 0.3 is 0 Å². The van der Waals surface area contributed by atoms with E-state index in [2.05, 4.69) is 15.3 Å². The second-order valence-electron chi connectivity index (χ2n) is 3.75. The smallest absolute Gasteiger partial charge is 0.255 e. The monoisotopic (exact) mass is 177 g/mol. The first kappa shape index (κ1) is 7.26. The molecule has 4 heteroatoms. The van der Waals surface area contributed by atoms with Crippen LogP contribution in [0.15, 0.2) is 4.79 Å². The van der Waals surface area contributed by atoms with Crippen molar-refractivity contribution in [1.29, 1.82) is 0 Å². The molecule has 2 N–H and O–H groups in total. The van der Waals surface area contributed by atoms with Gasteiger partial charge in [-0.1, -0.05) is 0 Å². The molecule has 2 aliphatic rings. The standard InChI is InChI=1S/C9H11N3O/c13-9-6-3-10-4-7(6)11-8(12-9)5-1-2-5/h5,10H,1-4H2,(H,11,12,13). The zero-order chi connectivity index (χ0) is 8.84. The van der Waals surface area contributed by atoms with Crippen LogP contribution in [0.5, 0.6) is 0 Å². The van der Waals surface area contributed by atoms with Crippen molar-refractivity contribution in [3.05, 3.63) is 27.4 Å². The maximum Gasteiger partial charge on any atom is 0.255 e. The number of hydrogen-bond donors (Lipinski definition) is 2. The summed E-state index contributed by atoms with van der Waals surface area (Å²) in [7, 11) is 0. The third-order valence-corrected chi connectivity index (χ3v) is 2.68. The molecule has 0 spiro atoms. The molecule has 1 aliphatic carbocycles. The fourth-order valence-corrected chi connectivity index (χ4v) is 1.75. The zero-order valence-electron chi connectivity index (χ0n) is 7.26. The first-order chi connectivity index (χ1) is 6.34. The van der Waals surface area contributed by atoms with Crippen LogP contribution in [0.4, 0.5) is 0 Å². The molecule has 68 valence electrons. The van der Waals surface area contributed by atoms with Crippen molar-refractivity contribution in [3.63, 3.8) is 0 Å². The number of H-pyrrole nitrogens is 1. The molecule has 0 amide bonds. The van der Waals surface area contributed by atoms with Crippen LogP contribution in [-0.4, -0.2) is 9.97 Å². The van der Waals surface area contributed by atoms with Gasteiger partial charge in [0.05, 0.1) is 11.3 Å². The molecule has 1 saturated carbocycles. The van der Waals surface area contributed by atoms with E-state index in [9.17, 15) is 4.79 Å². The van der Waals surface area contributed by atoms with Gasteiger partial charge in [0.25, 0.3) is 5.56 Å². The molecule has 0 radical (unpaired) electrons. The van der Waals surface area contributed by atoms with Crippen LogP contribution in [-0.2, 0) is 13.1 Å². The molecule has 1 aromatic rings. The van der Waals surface area contributed by atoms with Crippen LogP contribution in [0.2, 0.25) is 0 Å². The lowest BCUT2D eigenvalue weighted by Crippen LogP contribution is -2.16. The number of aromatic amines is 1. The normalized spacial score (nSPS) is 20.3. The van der Waals surface area contributed by atoms with Gasteiger partial charge in [-0.2, -0.15) is 0 Å². The summed E-state index contributed by atoms with van der Waals surface area (Å²) in [6.07, 6.45) is 2.35. The molecule has 0 unspecified atom stereocenters. The Labute approximate surface area is 75.4 Å². The lowest BCUT2D eigenvalue weighted by Gasteiger charge is -2.00. The fourth-order valence-electron chi connectivity index (χ4n) is 1.75. The molecule has 1 aliphatic heterocycles. The lowest BCUT2D eigenvalue weighted by atomic mass is 10.2. The van der Waals surface area contributed by atoms with Gasteiger partial charge in [-0.25, -0.2) is 4.98 Å². The number of hydrogen-bond acceptors (Lipinski definition) is 3. The molecule has 0 bridgehead atoms. The molecular weight excluding hydrogens is 166 g/mol. The minimum absolute atomic E-state index is 0.0527. The molecule has 0 saturated heterocycles. The van der Waals surface area contributed by atoms with E-state index in [0.29, 0.717) is 12.5 Å². The summed E-state index contributed by atoms with van der Waals surface area (Å²) in [6.45, 7) is 1.42. The Morgan fingerprint density at radius 1 is 1.31 bits per heavy atom. The van der Waals surface area contributed by atoms with Crippen molar-refractivity contribution in [2.45, 2.75) is 31.8 Å². The second-order valence-corrected chi connectivity index (χ2v) is 3.75. The highest BCUT2D eigenvalue weighted by molar-refractivity contribution is 5.23. The maximum absolute atomic E-state index is 11.5. The Balaban J connectivity index is 2.16. The van der Waals surface area contributed by atoms with E-state index in [4.69, 9.17) is 0 Å². The van der Waals surface area contributed by atoms with Crippen LogP contribution in [0, 0.1) is 0 Å². The van der Waals surface area contributed by atoms with Gasteiger partial charge < -0.3 is 10.3 Å². The first-order valence-corrected chi connectivity index (χ1v) is 4.67. The van der Waals surface area contributed by atoms with Crippen molar-refractivity contribution in [2.24, 2.45) is 0 Å². The van der Waals surface area contributed by atoms with E-state index in [1.807, 2.05) is 0 Å². The Kier molecular flexibility index (Phi) is 1.35. The fraction of sp³-hybridized carbons (Fsp3) is 0.556. The van der Waals surface area contributed by atoms with Crippen molar-refractivity contribution in [2.75, 3.05) is 0 Å². The summed E-state index contributed by atoms with van der Waals surface area (Å²) < 4.78 is 0. The lowest BCUT2D eigenvalue weighted by molar-refractivity contribution is 0.755. The van der Waals surface area contributed by atoms with E-state index in [0.717, 1.165) is 23.6 Å². The van der Waals surface area contributed by atoms with E-state index in [1.54, 1.807) is 0 Å². The predicted octanol–water partition coefficient (Wildman–Crippen LogP) is 0.251. The third kappa shape index (κ3) is 1.09. The van der Waals surface area contributed by atoms with Crippen molar-refractivity contribution in [3.8, 4) is 0 Å². The number of aromatic nitrogens is 2. The molecule has 1 fully saturated rings. The zero-order valence-corrected chi connectivity index (χ0v) is 7.26. The summed E-state index contributed by atoms with van der Waals surface area (Å²) in [6, 6.07) is 0. The largest absolute Gasteiger partial charge is 0.310 e. The van der Waals surface area contributed by atoms with Crippen LogP contribution in [0.1, 0.15) is 35.8 Å². The number of nitrogens with zero attached hydrogens (tertiary/aromatic N) is 1. The minimum atomic E-state index is 0.0527. The Morgan fingerprint density at radius 2 is 2.15 bits per heavy atom. The summed E-state index contributed by atoms with van der Waals surface area (Å²) >= 11 is 0. The molecule has 2 heterocycles. The van der Waals surface area contributed by atoms with Gasteiger partial charge in [-0.3, -0.25) is 4.79 Å². The van der Waals surface area contributed by atoms with Crippen molar-refractivity contribution in [1.82, 2.24) is 15.3 Å². The van der Waals surface area contributed by atoms with Crippen LogP contribution < -0.4 is 10.9 Å². The average molecular weight is 177 g/mol. The minimum Gasteiger partial charge on any atom is -0.310 e. The molecule has 13 heavy (non-hydrogen) atoms. The van der Waals surface area contributed by atoms with E-state index >= 15 is 0 Å². The maximum atomic E-state index is 11.5. The van der Waals surface area contributed by atoms with E-state index in [-0.39, 0.29) is 5.56 Å². The molecule has 1 aromatic heterocycles. The van der Waals surface area contributed by atoms with E-state index in [1.165, 1.54) is 12.8 Å². The summed E-state index contributed by atoms with van der Waals surface area (Å²) in [4.78, 5) is 18.8. The number of rotatable bonds is 1. The van der Waals surface area contributed by atoms with Gasteiger partial charge in [0.2, 0.25) is 0 Å². The summed E-state index contributed by atoms with van der Waals surface area (Å²) in [5, 5.41) is 3.13. The predicted molar refractivity (Wildman–Crippen MR) is 47.4 cm³/mol. The quantitative estimate of drug-likeness (QED) is 0.646. The molecule has 0 atom stereocenters. The Bertz CT molecular complexity index is 406. The van der Waals surface area contributed by atoms with Gasteiger partial charge in [0.1, 0.15) is 5.82 Å². The Hall–Kier alpha value is -1.16. The average Bonchev–Trinajstić information content (AvgIpc) is 2.85. The Morgan fingerprint density at radius 3 is 2.92 bits per heavy atom. The highest BCUT2D eigenvalue weighted by atomic mass is 16.1. The van der Waals surface area contributed by atoms with Crippen molar-refractivity contribution >= 4 is 0 Å². The van der Waals surface area contributed by atoms with E-state index < -0.39 is 0 Å². The number of nitrogens with one attached hydrogen (secondary N) is 2. The third-order valence-electron chi connectivity index (χ3n) is 2.68. The van der Waals surface area contributed by atoms with Gasteiger partial charge in [-0.05, 0) is 12.8 Å². The van der Waals surface area contributed by atoms with Crippen LogP contribution in [0.3, 0.4) is 0 Å². The summed E-state index contributed by atoms with van der Waals surface area (Å²) in [5.74, 6) is 1.42. The molecule has 4 nitrogen and oxygen atoms in total. The topological polar surface area (TPSA) is 57.8 Å². The first-order valence-electron chi connectivity index (χ1n) is 4.67. The SMILES string of the molecule is O=c1[nH]c(C2CC2)nc2c1CNC2.